The monoisotopic (exact) mass is 318 g/mol. The quantitative estimate of drug-likeness (QED) is 0.499. The Balaban J connectivity index is 2.56. The van der Waals surface area contributed by atoms with Gasteiger partial charge >= 0.3 is 5.97 Å². The Kier molecular flexibility index (Phi) is 4.73. The average Bonchev–Trinajstić information content (AvgIpc) is 2.53. The number of nitriles is 1. The van der Waals surface area contributed by atoms with E-state index in [0.29, 0.717) is 11.3 Å². The molecule has 22 heavy (non-hydrogen) atoms. The normalized spacial score (nSPS) is 20.9. The van der Waals surface area contributed by atoms with Crippen LogP contribution >= 0.6 is 12.6 Å². The van der Waals surface area contributed by atoms with E-state index in [1.54, 1.807) is 24.3 Å². The van der Waals surface area contributed by atoms with E-state index in [0.717, 1.165) is 0 Å². The first-order valence-electron chi connectivity index (χ1n) is 6.39. The summed E-state index contributed by atoms with van der Waals surface area (Å²) in [7, 11) is 2.74. The second-order valence-corrected chi connectivity index (χ2v) is 5.06. The van der Waals surface area contributed by atoms with Crippen molar-refractivity contribution in [3.05, 3.63) is 40.4 Å². The van der Waals surface area contributed by atoms with Crippen molar-refractivity contribution in [2.45, 2.75) is 5.92 Å². The zero-order chi connectivity index (χ0) is 16.3. The summed E-state index contributed by atoms with van der Waals surface area (Å²) in [5.74, 6) is -2.50. The van der Waals surface area contributed by atoms with Crippen molar-refractivity contribution in [3.8, 4) is 11.8 Å². The van der Waals surface area contributed by atoms with Gasteiger partial charge in [-0.3, -0.25) is 9.59 Å². The summed E-state index contributed by atoms with van der Waals surface area (Å²) < 4.78 is 9.79. The Morgan fingerprint density at radius 2 is 1.95 bits per heavy atom. The maximum Gasteiger partial charge on any atom is 0.319 e. The molecule has 0 bridgehead atoms. The van der Waals surface area contributed by atoms with Crippen LogP contribution in [0.25, 0.3) is 0 Å². The first-order chi connectivity index (χ1) is 10.5. The Labute approximate surface area is 133 Å². The van der Waals surface area contributed by atoms with Gasteiger partial charge in [0.1, 0.15) is 11.7 Å². The summed E-state index contributed by atoms with van der Waals surface area (Å²) in [6.45, 7) is 0. The lowest BCUT2D eigenvalue weighted by Crippen LogP contribution is -2.43. The molecule has 0 saturated carbocycles. The lowest BCUT2D eigenvalue weighted by Gasteiger charge is -2.29. The second kappa shape index (κ2) is 6.54. The van der Waals surface area contributed by atoms with Crippen LogP contribution in [-0.2, 0) is 14.3 Å². The van der Waals surface area contributed by atoms with Crippen molar-refractivity contribution in [1.29, 1.82) is 5.26 Å². The first kappa shape index (κ1) is 15.9. The van der Waals surface area contributed by atoms with Crippen LogP contribution in [-0.4, -0.2) is 26.1 Å². The summed E-state index contributed by atoms with van der Waals surface area (Å²) in [4.78, 5) is 24.1. The van der Waals surface area contributed by atoms with Crippen LogP contribution in [0.1, 0.15) is 11.5 Å². The molecule has 6 nitrogen and oxygen atoms in total. The van der Waals surface area contributed by atoms with Gasteiger partial charge in [-0.15, -0.1) is 12.6 Å². The number of nitrogens with zero attached hydrogens (tertiary/aromatic N) is 1. The van der Waals surface area contributed by atoms with E-state index >= 15 is 0 Å². The second-order valence-electron chi connectivity index (χ2n) is 4.61. The third-order valence-electron chi connectivity index (χ3n) is 3.47. The molecule has 0 radical (unpaired) electrons. The van der Waals surface area contributed by atoms with E-state index in [-0.39, 0.29) is 10.6 Å². The van der Waals surface area contributed by atoms with Crippen LogP contribution in [0.2, 0.25) is 0 Å². The molecule has 1 heterocycles. The third-order valence-corrected chi connectivity index (χ3v) is 3.83. The van der Waals surface area contributed by atoms with Crippen LogP contribution in [0.5, 0.6) is 5.75 Å². The summed E-state index contributed by atoms with van der Waals surface area (Å²) in [5, 5.41) is 11.9. The highest BCUT2D eigenvalue weighted by atomic mass is 32.1. The number of amides is 1. The van der Waals surface area contributed by atoms with Crippen molar-refractivity contribution in [1.82, 2.24) is 5.32 Å². The predicted octanol–water partition coefficient (Wildman–Crippen LogP) is 1.36. The molecule has 0 unspecified atom stereocenters. The van der Waals surface area contributed by atoms with Gasteiger partial charge in [-0.05, 0) is 17.7 Å². The molecule has 1 aromatic rings. The lowest BCUT2D eigenvalue weighted by molar-refractivity contribution is -0.150. The smallest absolute Gasteiger partial charge is 0.319 e. The van der Waals surface area contributed by atoms with E-state index in [9.17, 15) is 14.9 Å². The van der Waals surface area contributed by atoms with Crippen molar-refractivity contribution >= 4 is 24.5 Å². The highest BCUT2D eigenvalue weighted by Crippen LogP contribution is 2.38. The molecule has 0 fully saturated rings. The summed E-state index contributed by atoms with van der Waals surface area (Å²) in [5.41, 5.74) is 0.845. The van der Waals surface area contributed by atoms with Crippen molar-refractivity contribution in [2.75, 3.05) is 14.2 Å². The molecule has 2 rings (SSSR count). The molecule has 1 aromatic carbocycles. The van der Waals surface area contributed by atoms with E-state index in [1.807, 2.05) is 6.07 Å². The summed E-state index contributed by atoms with van der Waals surface area (Å²) in [6.07, 6.45) is 0. The zero-order valence-corrected chi connectivity index (χ0v) is 12.9. The van der Waals surface area contributed by atoms with E-state index in [2.05, 4.69) is 17.9 Å². The standard InChI is InChI=1S/C15H14N2O4S/c1-20-9-5-3-8(4-6-9)11-10(7-16)14(22)17-13(18)12(11)15(19)21-2/h3-6,11-12,22H,1-2H3,(H,17,18)/t11-,12+/m1/s1. The Morgan fingerprint density at radius 1 is 1.32 bits per heavy atom. The number of carbonyl (C=O) groups is 2. The molecule has 0 spiro atoms. The number of carbonyl (C=O) groups excluding carboxylic acids is 2. The molecule has 1 aliphatic heterocycles. The van der Waals surface area contributed by atoms with Gasteiger partial charge in [0.15, 0.2) is 0 Å². The number of esters is 1. The minimum atomic E-state index is -1.14. The third kappa shape index (κ3) is 2.78. The summed E-state index contributed by atoms with van der Waals surface area (Å²) in [6, 6.07) is 8.82. The van der Waals surface area contributed by atoms with Gasteiger partial charge in [0.2, 0.25) is 5.91 Å². The van der Waals surface area contributed by atoms with Gasteiger partial charge in [-0.25, -0.2) is 0 Å². The molecule has 7 heteroatoms. The molecule has 2 atom stereocenters. The minimum Gasteiger partial charge on any atom is -0.497 e. The molecule has 114 valence electrons. The van der Waals surface area contributed by atoms with Crippen LogP contribution < -0.4 is 10.1 Å². The molecule has 0 saturated heterocycles. The Morgan fingerprint density at radius 3 is 2.45 bits per heavy atom. The maximum atomic E-state index is 12.1. The van der Waals surface area contributed by atoms with Gasteiger partial charge in [0, 0.05) is 5.92 Å². The number of benzene rings is 1. The number of nitrogens with one attached hydrogen (secondary N) is 1. The fourth-order valence-corrected chi connectivity index (χ4v) is 2.69. The molecule has 1 N–H and O–H groups in total. The Bertz CT molecular complexity index is 676. The van der Waals surface area contributed by atoms with Crippen molar-refractivity contribution in [2.24, 2.45) is 5.92 Å². The van der Waals surface area contributed by atoms with Crippen LogP contribution in [0.15, 0.2) is 34.9 Å². The molecule has 1 amide bonds. The predicted molar refractivity (Wildman–Crippen MR) is 81.0 cm³/mol. The van der Waals surface area contributed by atoms with Gasteiger partial charge in [0.25, 0.3) is 0 Å². The van der Waals surface area contributed by atoms with E-state index in [4.69, 9.17) is 9.47 Å². The average molecular weight is 318 g/mol. The van der Waals surface area contributed by atoms with Gasteiger partial charge < -0.3 is 14.8 Å². The van der Waals surface area contributed by atoms with Gasteiger partial charge in [-0.1, -0.05) is 12.1 Å². The molecular formula is C15H14N2O4S. The first-order valence-corrected chi connectivity index (χ1v) is 6.84. The number of rotatable bonds is 3. The van der Waals surface area contributed by atoms with Crippen LogP contribution in [0, 0.1) is 17.2 Å². The van der Waals surface area contributed by atoms with E-state index < -0.39 is 23.7 Å². The molecular weight excluding hydrogens is 304 g/mol. The van der Waals surface area contributed by atoms with Crippen molar-refractivity contribution in [3.63, 3.8) is 0 Å². The minimum absolute atomic E-state index is 0.147. The zero-order valence-electron chi connectivity index (χ0n) is 12.0. The molecule has 0 aliphatic carbocycles. The van der Waals surface area contributed by atoms with E-state index in [1.165, 1.54) is 14.2 Å². The SMILES string of the molecule is COC(=O)[C@@H]1C(=O)NC(S)=C(C#N)[C@H]1c1ccc(OC)cc1. The number of allylic oxidation sites excluding steroid dienone is 1. The number of methoxy groups -OCH3 is 2. The number of ether oxygens (including phenoxy) is 2. The lowest BCUT2D eigenvalue weighted by atomic mass is 9.78. The topological polar surface area (TPSA) is 88.4 Å². The highest BCUT2D eigenvalue weighted by molar-refractivity contribution is 7.84. The van der Waals surface area contributed by atoms with Gasteiger partial charge in [-0.2, -0.15) is 5.26 Å². The van der Waals surface area contributed by atoms with Crippen LogP contribution in [0.4, 0.5) is 0 Å². The van der Waals surface area contributed by atoms with Crippen molar-refractivity contribution < 1.29 is 19.1 Å². The molecule has 1 aliphatic rings. The Hall–Kier alpha value is -2.46. The fraction of sp³-hybridized carbons (Fsp3) is 0.267. The number of hydrogen-bond acceptors (Lipinski definition) is 6. The number of hydrogen-bond donors (Lipinski definition) is 2. The maximum absolute atomic E-state index is 12.1. The largest absolute Gasteiger partial charge is 0.497 e. The number of thiol groups is 1. The van der Waals surface area contributed by atoms with Gasteiger partial charge in [0.05, 0.1) is 30.9 Å². The summed E-state index contributed by atoms with van der Waals surface area (Å²) >= 11 is 4.13. The molecule has 0 aromatic heterocycles. The highest BCUT2D eigenvalue weighted by Gasteiger charge is 2.43. The van der Waals surface area contributed by atoms with Crippen LogP contribution in [0.3, 0.4) is 0 Å². The fourth-order valence-electron chi connectivity index (χ4n) is 2.39.